The van der Waals surface area contributed by atoms with E-state index in [9.17, 15) is 0 Å². The summed E-state index contributed by atoms with van der Waals surface area (Å²) >= 11 is 0. The average molecular weight is 280 g/mol. The number of methoxy groups -OCH3 is 1. The van der Waals surface area contributed by atoms with Crippen LogP contribution in [0.5, 0.6) is 0 Å². The molecule has 1 saturated heterocycles. The quantitative estimate of drug-likeness (QED) is 0.860. The Morgan fingerprint density at radius 1 is 1.05 bits per heavy atom. The van der Waals surface area contributed by atoms with Crippen molar-refractivity contribution in [2.45, 2.75) is 81.9 Å². The smallest absolute Gasteiger partial charge is 0.0767 e. The molecule has 3 nitrogen and oxygen atoms in total. The molecule has 3 rings (SSSR count). The lowest BCUT2D eigenvalue weighted by Gasteiger charge is -2.52. The van der Waals surface area contributed by atoms with Crippen molar-refractivity contribution >= 4 is 0 Å². The maximum atomic E-state index is 6.32. The Bertz CT molecular complexity index is 316. The normalized spacial score (nSPS) is 40.5. The summed E-state index contributed by atoms with van der Waals surface area (Å²) in [6.45, 7) is 2.02. The van der Waals surface area contributed by atoms with E-state index in [2.05, 4.69) is 4.90 Å². The van der Waals surface area contributed by atoms with Crippen LogP contribution in [0.15, 0.2) is 0 Å². The van der Waals surface area contributed by atoms with Gasteiger partial charge in [-0.25, -0.2) is 0 Å². The Morgan fingerprint density at radius 2 is 1.80 bits per heavy atom. The third-order valence-electron chi connectivity index (χ3n) is 6.38. The molecule has 0 aromatic carbocycles. The molecule has 2 saturated carbocycles. The fraction of sp³-hybridized carbons (Fsp3) is 1.00. The van der Waals surface area contributed by atoms with Gasteiger partial charge in [0.1, 0.15) is 0 Å². The van der Waals surface area contributed by atoms with E-state index in [1.807, 2.05) is 7.11 Å². The van der Waals surface area contributed by atoms with Gasteiger partial charge < -0.3 is 10.5 Å². The Balaban J connectivity index is 1.82. The molecule has 2 aliphatic carbocycles. The molecule has 1 heterocycles. The first-order valence-corrected chi connectivity index (χ1v) is 8.81. The van der Waals surface area contributed by atoms with E-state index in [1.165, 1.54) is 70.8 Å². The van der Waals surface area contributed by atoms with Crippen LogP contribution in [0.2, 0.25) is 0 Å². The standard InChI is InChI=1S/C17H32N2O/c1-20-16-10-4-5-11-17(16,13-18)19-12-6-9-15(19)14-7-2-3-8-14/h14-16H,2-13,18H2,1H3. The highest BCUT2D eigenvalue weighted by Crippen LogP contribution is 2.43. The second-order valence-corrected chi connectivity index (χ2v) is 7.23. The molecular weight excluding hydrogens is 248 g/mol. The number of likely N-dealkylation sites (tertiary alicyclic amines) is 1. The minimum Gasteiger partial charge on any atom is -0.379 e. The Morgan fingerprint density at radius 3 is 2.50 bits per heavy atom. The van der Waals surface area contributed by atoms with Crippen LogP contribution in [0.1, 0.15) is 64.2 Å². The molecule has 3 fully saturated rings. The molecule has 20 heavy (non-hydrogen) atoms. The van der Waals surface area contributed by atoms with Gasteiger partial charge in [-0.15, -0.1) is 0 Å². The zero-order valence-electron chi connectivity index (χ0n) is 13.2. The van der Waals surface area contributed by atoms with Gasteiger partial charge in [0, 0.05) is 19.7 Å². The fourth-order valence-corrected chi connectivity index (χ4v) is 5.38. The summed E-state index contributed by atoms with van der Waals surface area (Å²) in [4.78, 5) is 2.82. The van der Waals surface area contributed by atoms with Gasteiger partial charge in [0.05, 0.1) is 11.6 Å². The fourth-order valence-electron chi connectivity index (χ4n) is 5.38. The number of hydrogen-bond acceptors (Lipinski definition) is 3. The maximum absolute atomic E-state index is 6.32. The predicted octanol–water partition coefficient (Wildman–Crippen LogP) is 2.93. The summed E-state index contributed by atoms with van der Waals surface area (Å²) in [5.74, 6) is 0.931. The van der Waals surface area contributed by atoms with Gasteiger partial charge in [-0.05, 0) is 51.0 Å². The molecule has 0 aromatic heterocycles. The van der Waals surface area contributed by atoms with Crippen LogP contribution in [0, 0.1) is 5.92 Å². The lowest BCUT2D eigenvalue weighted by molar-refractivity contribution is -0.0874. The predicted molar refractivity (Wildman–Crippen MR) is 82.7 cm³/mol. The first kappa shape index (κ1) is 14.8. The Kier molecular flexibility index (Phi) is 4.68. The summed E-state index contributed by atoms with van der Waals surface area (Å²) < 4.78 is 5.90. The van der Waals surface area contributed by atoms with Crippen molar-refractivity contribution < 1.29 is 4.74 Å². The van der Waals surface area contributed by atoms with Crippen LogP contribution in [0.3, 0.4) is 0 Å². The van der Waals surface area contributed by atoms with E-state index in [0.717, 1.165) is 18.5 Å². The molecule has 0 aromatic rings. The summed E-state index contributed by atoms with van der Waals surface area (Å²) in [7, 11) is 1.89. The maximum Gasteiger partial charge on any atom is 0.0767 e. The van der Waals surface area contributed by atoms with Gasteiger partial charge in [0.15, 0.2) is 0 Å². The highest BCUT2D eigenvalue weighted by molar-refractivity contribution is 5.06. The largest absolute Gasteiger partial charge is 0.379 e. The van der Waals surface area contributed by atoms with E-state index < -0.39 is 0 Å². The van der Waals surface area contributed by atoms with Crippen LogP contribution < -0.4 is 5.73 Å². The van der Waals surface area contributed by atoms with Crippen molar-refractivity contribution in [3.05, 3.63) is 0 Å². The van der Waals surface area contributed by atoms with Gasteiger partial charge in [0.2, 0.25) is 0 Å². The van der Waals surface area contributed by atoms with Crippen molar-refractivity contribution in [3.8, 4) is 0 Å². The first-order valence-electron chi connectivity index (χ1n) is 8.81. The van der Waals surface area contributed by atoms with Crippen LogP contribution in [0.4, 0.5) is 0 Å². The highest BCUT2D eigenvalue weighted by atomic mass is 16.5. The molecule has 0 amide bonds. The van der Waals surface area contributed by atoms with Crippen molar-refractivity contribution in [1.82, 2.24) is 4.90 Å². The third-order valence-corrected chi connectivity index (χ3v) is 6.38. The van der Waals surface area contributed by atoms with Crippen molar-refractivity contribution in [1.29, 1.82) is 0 Å². The molecule has 0 spiro atoms. The molecule has 2 N–H and O–H groups in total. The number of hydrogen-bond donors (Lipinski definition) is 1. The van der Waals surface area contributed by atoms with Crippen molar-refractivity contribution in [2.24, 2.45) is 11.7 Å². The minimum absolute atomic E-state index is 0.136. The number of nitrogens with zero attached hydrogens (tertiary/aromatic N) is 1. The van der Waals surface area contributed by atoms with E-state index in [4.69, 9.17) is 10.5 Å². The number of ether oxygens (including phenoxy) is 1. The van der Waals surface area contributed by atoms with Crippen molar-refractivity contribution in [2.75, 3.05) is 20.2 Å². The first-order chi connectivity index (χ1) is 9.81. The van der Waals surface area contributed by atoms with Gasteiger partial charge in [-0.2, -0.15) is 0 Å². The average Bonchev–Trinajstić information content (AvgIpc) is 3.17. The Labute approximate surface area is 124 Å². The second kappa shape index (κ2) is 6.33. The summed E-state index contributed by atoms with van der Waals surface area (Å²) in [6.07, 6.45) is 13.9. The van der Waals surface area contributed by atoms with E-state index in [0.29, 0.717) is 6.10 Å². The molecule has 3 aliphatic rings. The molecule has 1 aliphatic heterocycles. The van der Waals surface area contributed by atoms with Crippen LogP contribution in [0.25, 0.3) is 0 Å². The van der Waals surface area contributed by atoms with Gasteiger partial charge in [-0.1, -0.05) is 25.7 Å². The van der Waals surface area contributed by atoms with Crippen LogP contribution in [-0.2, 0) is 4.74 Å². The second-order valence-electron chi connectivity index (χ2n) is 7.23. The zero-order valence-corrected chi connectivity index (χ0v) is 13.2. The molecule has 0 radical (unpaired) electrons. The third kappa shape index (κ3) is 2.42. The van der Waals surface area contributed by atoms with E-state index in [-0.39, 0.29) is 5.54 Å². The van der Waals surface area contributed by atoms with Crippen LogP contribution >= 0.6 is 0 Å². The monoisotopic (exact) mass is 280 g/mol. The molecule has 3 heteroatoms. The minimum atomic E-state index is 0.136. The number of rotatable bonds is 4. The molecule has 3 atom stereocenters. The number of nitrogens with two attached hydrogens (primary N) is 1. The van der Waals surface area contributed by atoms with Crippen molar-refractivity contribution in [3.63, 3.8) is 0 Å². The molecule has 116 valence electrons. The lowest BCUT2D eigenvalue weighted by atomic mass is 9.76. The van der Waals surface area contributed by atoms with E-state index >= 15 is 0 Å². The molecule has 3 unspecified atom stereocenters. The Hall–Kier alpha value is -0.120. The summed E-state index contributed by atoms with van der Waals surface area (Å²) in [5.41, 5.74) is 6.46. The van der Waals surface area contributed by atoms with Crippen LogP contribution in [-0.4, -0.2) is 42.8 Å². The van der Waals surface area contributed by atoms with E-state index in [1.54, 1.807) is 0 Å². The zero-order chi connectivity index (χ0) is 14.0. The van der Waals surface area contributed by atoms with Gasteiger partial charge >= 0.3 is 0 Å². The molecular formula is C17H32N2O. The molecule has 0 bridgehead atoms. The summed E-state index contributed by atoms with van der Waals surface area (Å²) in [5, 5.41) is 0. The van der Waals surface area contributed by atoms with Gasteiger partial charge in [0.25, 0.3) is 0 Å². The highest BCUT2D eigenvalue weighted by Gasteiger charge is 2.50. The SMILES string of the molecule is COC1CCCCC1(CN)N1CCCC1C1CCCC1. The summed E-state index contributed by atoms with van der Waals surface area (Å²) in [6, 6.07) is 0.789. The van der Waals surface area contributed by atoms with Gasteiger partial charge in [-0.3, -0.25) is 4.90 Å². The topological polar surface area (TPSA) is 38.5 Å². The lowest BCUT2D eigenvalue weighted by Crippen LogP contribution is -2.65.